The first-order valence-electron chi connectivity index (χ1n) is 7.87. The molecule has 2 aromatic rings. The van der Waals surface area contributed by atoms with Gasteiger partial charge in [0.15, 0.2) is 0 Å². The van der Waals surface area contributed by atoms with Crippen LogP contribution in [0.1, 0.15) is 30.4 Å². The molecule has 0 unspecified atom stereocenters. The minimum atomic E-state index is -0.138. The van der Waals surface area contributed by atoms with Gasteiger partial charge in [0.05, 0.1) is 6.10 Å². The Kier molecular flexibility index (Phi) is 3.16. The second-order valence-corrected chi connectivity index (χ2v) is 6.25. The molecule has 3 atom stereocenters. The van der Waals surface area contributed by atoms with Crippen LogP contribution in [0.2, 0.25) is 0 Å². The molecule has 2 aliphatic rings. The van der Waals surface area contributed by atoms with Crippen molar-refractivity contribution in [3.63, 3.8) is 0 Å². The van der Waals surface area contributed by atoms with Gasteiger partial charge >= 0.3 is 0 Å². The van der Waals surface area contributed by atoms with Gasteiger partial charge in [-0.15, -0.1) is 0 Å². The molecule has 21 heavy (non-hydrogen) atoms. The van der Waals surface area contributed by atoms with Crippen molar-refractivity contribution in [3.05, 3.63) is 77.4 Å². The number of benzene rings is 2. The van der Waals surface area contributed by atoms with Crippen LogP contribution in [0.25, 0.3) is 5.57 Å². The summed E-state index contributed by atoms with van der Waals surface area (Å²) >= 11 is 0. The van der Waals surface area contributed by atoms with Crippen molar-refractivity contribution in [2.75, 3.05) is 0 Å². The Hall–Kier alpha value is -1.86. The highest BCUT2D eigenvalue weighted by Gasteiger charge is 2.44. The molecule has 0 spiro atoms. The first-order chi connectivity index (χ1) is 10.3. The van der Waals surface area contributed by atoms with Crippen molar-refractivity contribution in [2.45, 2.75) is 25.4 Å². The van der Waals surface area contributed by atoms with Crippen molar-refractivity contribution in [3.8, 4) is 0 Å². The zero-order valence-corrected chi connectivity index (χ0v) is 12.1. The van der Waals surface area contributed by atoms with Crippen LogP contribution >= 0.6 is 0 Å². The van der Waals surface area contributed by atoms with Crippen molar-refractivity contribution < 1.29 is 5.11 Å². The number of aliphatic hydroxyl groups excluding tert-OH is 1. The van der Waals surface area contributed by atoms with Crippen molar-refractivity contribution in [1.82, 2.24) is 0 Å². The second kappa shape index (κ2) is 5.16. The lowest BCUT2D eigenvalue weighted by Crippen LogP contribution is -2.15. The van der Waals surface area contributed by atoms with Crippen LogP contribution in [-0.2, 0) is 0 Å². The van der Waals surface area contributed by atoms with E-state index in [-0.39, 0.29) is 6.10 Å². The standard InChI is InChI=1S/C20H20O/c21-18-13-16-11-12-17(18)20(16)19(14-7-3-1-4-8-14)15-9-5-2-6-10-15/h1-10,16-18,21H,11-13H2/t16-,17+,18+/m0/s1. The summed E-state index contributed by atoms with van der Waals surface area (Å²) in [5.74, 6) is 0.936. The molecule has 0 amide bonds. The minimum Gasteiger partial charge on any atom is -0.392 e. The molecule has 106 valence electrons. The Labute approximate surface area is 126 Å². The molecule has 0 radical (unpaired) electrons. The predicted octanol–water partition coefficient (Wildman–Crippen LogP) is 4.28. The van der Waals surface area contributed by atoms with Crippen molar-refractivity contribution in [2.24, 2.45) is 11.8 Å². The molecule has 2 aromatic carbocycles. The average Bonchev–Trinajstić information content (AvgIpc) is 3.06. The summed E-state index contributed by atoms with van der Waals surface area (Å²) in [6.07, 6.45) is 3.19. The van der Waals surface area contributed by atoms with Crippen LogP contribution in [0.5, 0.6) is 0 Å². The SMILES string of the molecule is O[C@@H]1C[C@@H]2CC[C@H]1C2=C(c1ccccc1)c1ccccc1. The van der Waals surface area contributed by atoms with E-state index in [1.165, 1.54) is 28.7 Å². The van der Waals surface area contributed by atoms with Gasteiger partial charge in [0.2, 0.25) is 0 Å². The van der Waals surface area contributed by atoms with Gasteiger partial charge in [0.1, 0.15) is 0 Å². The molecule has 0 saturated heterocycles. The number of rotatable bonds is 2. The van der Waals surface area contributed by atoms with E-state index in [2.05, 4.69) is 60.7 Å². The van der Waals surface area contributed by atoms with Gasteiger partial charge in [-0.1, -0.05) is 66.2 Å². The van der Waals surface area contributed by atoms with Gasteiger partial charge in [-0.3, -0.25) is 0 Å². The molecular weight excluding hydrogens is 256 g/mol. The predicted molar refractivity (Wildman–Crippen MR) is 85.7 cm³/mol. The third-order valence-corrected chi connectivity index (χ3v) is 5.07. The molecule has 0 heterocycles. The Morgan fingerprint density at radius 3 is 1.81 bits per heavy atom. The van der Waals surface area contributed by atoms with Gasteiger partial charge < -0.3 is 5.11 Å². The lowest BCUT2D eigenvalue weighted by Gasteiger charge is -2.17. The van der Waals surface area contributed by atoms with Crippen LogP contribution < -0.4 is 0 Å². The molecule has 4 rings (SSSR count). The third-order valence-electron chi connectivity index (χ3n) is 5.07. The van der Waals surface area contributed by atoms with E-state index in [9.17, 15) is 5.11 Å². The molecular formula is C20H20O. The Morgan fingerprint density at radius 1 is 0.810 bits per heavy atom. The highest BCUT2D eigenvalue weighted by Crippen LogP contribution is 2.52. The van der Waals surface area contributed by atoms with E-state index in [1.807, 2.05) is 0 Å². The summed E-state index contributed by atoms with van der Waals surface area (Å²) in [6.45, 7) is 0. The highest BCUT2D eigenvalue weighted by molar-refractivity contribution is 5.83. The monoisotopic (exact) mass is 276 g/mol. The zero-order valence-electron chi connectivity index (χ0n) is 12.1. The third kappa shape index (κ3) is 2.13. The molecule has 2 saturated carbocycles. The van der Waals surface area contributed by atoms with E-state index in [1.54, 1.807) is 0 Å². The van der Waals surface area contributed by atoms with Gasteiger partial charge in [-0.2, -0.15) is 0 Å². The Balaban J connectivity index is 1.93. The number of hydrogen-bond donors (Lipinski definition) is 1. The fraction of sp³-hybridized carbons (Fsp3) is 0.300. The highest BCUT2D eigenvalue weighted by atomic mass is 16.3. The smallest absolute Gasteiger partial charge is 0.0611 e. The van der Waals surface area contributed by atoms with Crippen LogP contribution in [-0.4, -0.2) is 11.2 Å². The average molecular weight is 276 g/mol. The van der Waals surface area contributed by atoms with Crippen LogP contribution in [0.3, 0.4) is 0 Å². The molecule has 0 aromatic heterocycles. The second-order valence-electron chi connectivity index (χ2n) is 6.25. The fourth-order valence-corrected chi connectivity index (χ4v) is 4.19. The number of fused-ring (bicyclic) bond motifs is 2. The van der Waals surface area contributed by atoms with Gasteiger partial charge in [-0.25, -0.2) is 0 Å². The van der Waals surface area contributed by atoms with Crippen molar-refractivity contribution >= 4 is 5.57 Å². The van der Waals surface area contributed by atoms with E-state index >= 15 is 0 Å². The molecule has 1 N–H and O–H groups in total. The van der Waals surface area contributed by atoms with Crippen LogP contribution in [0.15, 0.2) is 66.2 Å². The summed E-state index contributed by atoms with van der Waals surface area (Å²) < 4.78 is 0. The largest absolute Gasteiger partial charge is 0.392 e. The zero-order chi connectivity index (χ0) is 14.2. The van der Waals surface area contributed by atoms with E-state index in [4.69, 9.17) is 0 Å². The molecule has 2 aliphatic carbocycles. The molecule has 1 heteroatoms. The molecule has 0 aliphatic heterocycles. The van der Waals surface area contributed by atoms with E-state index < -0.39 is 0 Å². The summed E-state index contributed by atoms with van der Waals surface area (Å²) in [4.78, 5) is 0. The maximum atomic E-state index is 10.3. The normalized spacial score (nSPS) is 27.1. The molecule has 2 bridgehead atoms. The Morgan fingerprint density at radius 2 is 1.38 bits per heavy atom. The van der Waals surface area contributed by atoms with Gasteiger partial charge in [0, 0.05) is 5.92 Å². The molecule has 2 fully saturated rings. The summed E-state index contributed by atoms with van der Waals surface area (Å²) in [5, 5.41) is 10.3. The van der Waals surface area contributed by atoms with E-state index in [0.29, 0.717) is 11.8 Å². The fourth-order valence-electron chi connectivity index (χ4n) is 4.19. The summed E-state index contributed by atoms with van der Waals surface area (Å²) in [7, 11) is 0. The number of aliphatic hydroxyl groups is 1. The lowest BCUT2D eigenvalue weighted by atomic mass is 9.88. The maximum Gasteiger partial charge on any atom is 0.0611 e. The summed E-state index contributed by atoms with van der Waals surface area (Å²) in [6, 6.07) is 21.3. The van der Waals surface area contributed by atoms with Gasteiger partial charge in [0.25, 0.3) is 0 Å². The first-order valence-corrected chi connectivity index (χ1v) is 7.87. The maximum absolute atomic E-state index is 10.3. The Bertz CT molecular complexity index is 615. The summed E-state index contributed by atoms with van der Waals surface area (Å²) in [5.41, 5.74) is 5.43. The lowest BCUT2D eigenvalue weighted by molar-refractivity contribution is 0.117. The minimum absolute atomic E-state index is 0.138. The first kappa shape index (κ1) is 12.8. The topological polar surface area (TPSA) is 20.2 Å². The van der Waals surface area contributed by atoms with E-state index in [0.717, 1.165) is 12.8 Å². The van der Waals surface area contributed by atoms with Crippen LogP contribution in [0, 0.1) is 11.8 Å². The van der Waals surface area contributed by atoms with Crippen LogP contribution in [0.4, 0.5) is 0 Å². The quantitative estimate of drug-likeness (QED) is 0.868. The van der Waals surface area contributed by atoms with Crippen molar-refractivity contribution in [1.29, 1.82) is 0 Å². The van der Waals surface area contributed by atoms with Gasteiger partial charge in [-0.05, 0) is 41.9 Å². The number of hydrogen-bond acceptors (Lipinski definition) is 1. The molecule has 1 nitrogen and oxygen atoms in total.